The second-order valence-electron chi connectivity index (χ2n) is 6.32. The van der Waals surface area contributed by atoms with Crippen molar-refractivity contribution in [3.05, 3.63) is 12.7 Å². The predicted octanol–water partition coefficient (Wildman–Crippen LogP) is 5.14. The van der Waals surface area contributed by atoms with E-state index in [9.17, 15) is 9.59 Å². The van der Waals surface area contributed by atoms with Crippen LogP contribution in [0.1, 0.15) is 84.0 Å². The average molecular weight is 356 g/mol. The van der Waals surface area contributed by atoms with Gasteiger partial charge in [-0.05, 0) is 19.3 Å². The van der Waals surface area contributed by atoms with E-state index >= 15 is 0 Å². The Morgan fingerprint density at radius 1 is 0.880 bits per heavy atom. The van der Waals surface area contributed by atoms with Crippen LogP contribution in [-0.2, 0) is 14.3 Å². The predicted molar refractivity (Wildman–Crippen MR) is 102 cm³/mol. The molecular weight excluding hydrogens is 318 g/mol. The zero-order chi connectivity index (χ0) is 18.6. The number of amides is 1. The fraction of sp³-hybridized carbons (Fsp3) is 0.800. The van der Waals surface area contributed by atoms with Gasteiger partial charge in [0.1, 0.15) is 6.61 Å². The molecule has 0 heterocycles. The monoisotopic (exact) mass is 355 g/mol. The molecule has 1 amide bonds. The number of carbonyl (C=O) groups excluding carboxylic acids is 2. The van der Waals surface area contributed by atoms with Gasteiger partial charge in [-0.3, -0.25) is 4.79 Å². The van der Waals surface area contributed by atoms with E-state index < -0.39 is 6.09 Å². The van der Waals surface area contributed by atoms with Crippen molar-refractivity contribution in [1.29, 1.82) is 0 Å². The van der Waals surface area contributed by atoms with Crippen LogP contribution in [-0.4, -0.2) is 31.8 Å². The molecule has 0 saturated heterocycles. The third-order valence-electron chi connectivity index (χ3n) is 3.92. The van der Waals surface area contributed by atoms with E-state index in [1.165, 1.54) is 44.6 Å². The Bertz CT molecular complexity index is 345. The molecule has 0 aromatic carbocycles. The van der Waals surface area contributed by atoms with Gasteiger partial charge in [-0.1, -0.05) is 70.9 Å². The summed E-state index contributed by atoms with van der Waals surface area (Å²) in [5.74, 6) is -0.110. The highest BCUT2D eigenvalue weighted by molar-refractivity contribution is 5.69. The van der Waals surface area contributed by atoms with Gasteiger partial charge in [-0.15, -0.1) is 0 Å². The van der Waals surface area contributed by atoms with Gasteiger partial charge in [-0.25, -0.2) is 4.79 Å². The van der Waals surface area contributed by atoms with Crippen molar-refractivity contribution < 1.29 is 19.1 Å². The zero-order valence-electron chi connectivity index (χ0n) is 16.0. The smallest absolute Gasteiger partial charge is 0.407 e. The summed E-state index contributed by atoms with van der Waals surface area (Å²) < 4.78 is 10.0. The van der Waals surface area contributed by atoms with Crippen LogP contribution in [0.4, 0.5) is 4.79 Å². The zero-order valence-corrected chi connectivity index (χ0v) is 16.0. The highest BCUT2D eigenvalue weighted by Gasteiger charge is 2.03. The summed E-state index contributed by atoms with van der Waals surface area (Å²) >= 11 is 0. The number of alkyl carbamates (subject to hydrolysis) is 1. The quantitative estimate of drug-likeness (QED) is 0.223. The third kappa shape index (κ3) is 18.7. The molecule has 1 N–H and O–H groups in total. The minimum Gasteiger partial charge on any atom is -0.466 e. The lowest BCUT2D eigenvalue weighted by molar-refractivity contribution is -0.143. The standard InChI is InChI=1S/C20H37NO4/c1-3-5-6-7-8-9-10-14-18-24-19(22)15-12-11-13-16-21-20(23)25-17-4-2/h4H,2-3,5-18H2,1H3,(H,21,23). The van der Waals surface area contributed by atoms with E-state index in [4.69, 9.17) is 9.47 Å². The molecule has 0 radical (unpaired) electrons. The number of esters is 1. The van der Waals surface area contributed by atoms with E-state index in [0.29, 0.717) is 19.6 Å². The first-order valence-electron chi connectivity index (χ1n) is 9.87. The highest BCUT2D eigenvalue weighted by atomic mass is 16.5. The Hall–Kier alpha value is -1.52. The molecule has 0 spiro atoms. The Kier molecular flexibility index (Phi) is 17.7. The van der Waals surface area contributed by atoms with Gasteiger partial charge >= 0.3 is 12.1 Å². The summed E-state index contributed by atoms with van der Waals surface area (Å²) in [7, 11) is 0. The Balaban J connectivity index is 3.25. The van der Waals surface area contributed by atoms with Gasteiger partial charge in [0, 0.05) is 13.0 Å². The van der Waals surface area contributed by atoms with Gasteiger partial charge in [0.2, 0.25) is 0 Å². The molecule has 0 aromatic heterocycles. The maximum Gasteiger partial charge on any atom is 0.407 e. The Morgan fingerprint density at radius 2 is 1.52 bits per heavy atom. The number of ether oxygens (including phenoxy) is 2. The van der Waals surface area contributed by atoms with Gasteiger partial charge in [0.05, 0.1) is 6.61 Å². The summed E-state index contributed by atoms with van der Waals surface area (Å²) in [5, 5.41) is 2.65. The lowest BCUT2D eigenvalue weighted by Crippen LogP contribution is -2.25. The van der Waals surface area contributed by atoms with Crippen LogP contribution in [0.15, 0.2) is 12.7 Å². The fourth-order valence-electron chi connectivity index (χ4n) is 2.44. The number of unbranched alkanes of at least 4 members (excludes halogenated alkanes) is 9. The fourth-order valence-corrected chi connectivity index (χ4v) is 2.44. The summed E-state index contributed by atoms with van der Waals surface area (Å²) in [5.41, 5.74) is 0. The van der Waals surface area contributed by atoms with E-state index in [1.54, 1.807) is 0 Å². The van der Waals surface area contributed by atoms with E-state index in [1.807, 2.05) is 0 Å². The van der Waals surface area contributed by atoms with Crippen molar-refractivity contribution in [1.82, 2.24) is 5.32 Å². The molecule has 0 bridgehead atoms. The van der Waals surface area contributed by atoms with E-state index in [-0.39, 0.29) is 12.6 Å². The Labute approximate surface area is 153 Å². The molecule has 0 rings (SSSR count). The summed E-state index contributed by atoms with van der Waals surface area (Å²) in [6.07, 6.45) is 14.0. The maximum atomic E-state index is 11.6. The normalized spacial score (nSPS) is 10.3. The minimum atomic E-state index is -0.426. The van der Waals surface area contributed by atoms with Crippen LogP contribution in [0.3, 0.4) is 0 Å². The maximum absolute atomic E-state index is 11.6. The SMILES string of the molecule is C=CCOC(=O)NCCCCCC(=O)OCCCCCCCCCC. The van der Waals surface area contributed by atoms with E-state index in [2.05, 4.69) is 18.8 Å². The van der Waals surface area contributed by atoms with Crippen molar-refractivity contribution in [3.63, 3.8) is 0 Å². The van der Waals surface area contributed by atoms with Gasteiger partial charge in [0.15, 0.2) is 0 Å². The second-order valence-corrected chi connectivity index (χ2v) is 6.32. The average Bonchev–Trinajstić information content (AvgIpc) is 2.61. The lowest BCUT2D eigenvalue weighted by atomic mass is 10.1. The van der Waals surface area contributed by atoms with Crippen LogP contribution in [0, 0.1) is 0 Å². The first kappa shape index (κ1) is 23.5. The van der Waals surface area contributed by atoms with Crippen molar-refractivity contribution in [2.24, 2.45) is 0 Å². The van der Waals surface area contributed by atoms with E-state index in [0.717, 1.165) is 32.1 Å². The molecule has 0 fully saturated rings. The number of hydrogen-bond acceptors (Lipinski definition) is 4. The number of carbonyl (C=O) groups is 2. The topological polar surface area (TPSA) is 64.6 Å². The molecule has 0 aliphatic heterocycles. The number of hydrogen-bond donors (Lipinski definition) is 1. The molecule has 0 aliphatic carbocycles. The van der Waals surface area contributed by atoms with Crippen LogP contribution in [0.5, 0.6) is 0 Å². The molecular formula is C20H37NO4. The van der Waals surface area contributed by atoms with Crippen molar-refractivity contribution >= 4 is 12.1 Å². The Morgan fingerprint density at radius 3 is 2.20 bits per heavy atom. The van der Waals surface area contributed by atoms with Crippen molar-refractivity contribution in [3.8, 4) is 0 Å². The molecule has 0 aromatic rings. The first-order valence-corrected chi connectivity index (χ1v) is 9.87. The van der Waals surface area contributed by atoms with Crippen LogP contribution >= 0.6 is 0 Å². The summed E-state index contributed by atoms with van der Waals surface area (Å²) in [6, 6.07) is 0. The van der Waals surface area contributed by atoms with Gasteiger partial charge in [-0.2, -0.15) is 0 Å². The number of rotatable bonds is 17. The minimum absolute atomic E-state index is 0.110. The van der Waals surface area contributed by atoms with Crippen LogP contribution in [0.25, 0.3) is 0 Å². The third-order valence-corrected chi connectivity index (χ3v) is 3.92. The van der Waals surface area contributed by atoms with Crippen molar-refractivity contribution in [2.45, 2.75) is 84.0 Å². The molecule has 5 heteroatoms. The first-order chi connectivity index (χ1) is 12.2. The van der Waals surface area contributed by atoms with Crippen LogP contribution in [0.2, 0.25) is 0 Å². The molecule has 25 heavy (non-hydrogen) atoms. The highest BCUT2D eigenvalue weighted by Crippen LogP contribution is 2.08. The number of nitrogens with one attached hydrogen (secondary N) is 1. The molecule has 0 aliphatic rings. The molecule has 146 valence electrons. The second kappa shape index (κ2) is 18.8. The largest absolute Gasteiger partial charge is 0.466 e. The van der Waals surface area contributed by atoms with Crippen LogP contribution < -0.4 is 5.32 Å². The van der Waals surface area contributed by atoms with Gasteiger partial charge in [0.25, 0.3) is 0 Å². The van der Waals surface area contributed by atoms with Crippen molar-refractivity contribution in [2.75, 3.05) is 19.8 Å². The van der Waals surface area contributed by atoms with Gasteiger partial charge < -0.3 is 14.8 Å². The summed E-state index contributed by atoms with van der Waals surface area (Å²) in [6.45, 7) is 7.02. The lowest BCUT2D eigenvalue weighted by Gasteiger charge is -2.06. The molecule has 5 nitrogen and oxygen atoms in total. The molecule has 0 unspecified atom stereocenters. The molecule has 0 saturated carbocycles. The molecule has 0 atom stereocenters. The summed E-state index contributed by atoms with van der Waals surface area (Å²) in [4.78, 5) is 22.7.